The number of hydrogen-bond acceptors (Lipinski definition) is 3. The van der Waals surface area contributed by atoms with Gasteiger partial charge in [0.25, 0.3) is 0 Å². The second-order valence-corrected chi connectivity index (χ2v) is 3.85. The zero-order valence-corrected chi connectivity index (χ0v) is 10.3. The Balaban J connectivity index is 2.19. The van der Waals surface area contributed by atoms with Crippen LogP contribution in [0.25, 0.3) is 6.08 Å². The summed E-state index contributed by atoms with van der Waals surface area (Å²) >= 11 is 0. The van der Waals surface area contributed by atoms with Crippen LogP contribution < -0.4 is 4.74 Å². The van der Waals surface area contributed by atoms with E-state index in [1.54, 1.807) is 36.2 Å². The molecule has 0 amide bonds. The highest BCUT2D eigenvalue weighted by Gasteiger charge is 2.07. The fourth-order valence-corrected chi connectivity index (χ4v) is 1.64. The Bertz CT molecular complexity index is 585. The molecule has 1 heterocycles. The van der Waals surface area contributed by atoms with E-state index >= 15 is 0 Å². The van der Waals surface area contributed by atoms with Crippen molar-refractivity contribution in [3.63, 3.8) is 0 Å². The van der Waals surface area contributed by atoms with Gasteiger partial charge >= 0.3 is 0 Å². The molecule has 0 N–H and O–H groups in total. The van der Waals surface area contributed by atoms with E-state index in [1.165, 1.54) is 6.08 Å². The molecule has 92 valence electrons. The fourth-order valence-electron chi connectivity index (χ4n) is 1.64. The van der Waals surface area contributed by atoms with Gasteiger partial charge in [0.1, 0.15) is 5.75 Å². The molecule has 1 aromatic heterocycles. The van der Waals surface area contributed by atoms with Crippen LogP contribution in [0.3, 0.4) is 0 Å². The molecule has 18 heavy (non-hydrogen) atoms. The normalized spacial score (nSPS) is 10.8. The van der Waals surface area contributed by atoms with Gasteiger partial charge in [-0.3, -0.25) is 9.48 Å². The standard InChI is InChI=1S/C14H14N2O2/c1-16-10-11(9-15-16)7-8-13(17)12-5-3-4-6-14(12)18-2/h3-10H,1-2H3/b8-7+. The SMILES string of the molecule is COc1ccccc1C(=O)/C=C/c1cnn(C)c1. The number of aryl methyl sites for hydroxylation is 1. The number of benzene rings is 1. The summed E-state index contributed by atoms with van der Waals surface area (Å²) in [6.45, 7) is 0. The monoisotopic (exact) mass is 242 g/mol. The highest BCUT2D eigenvalue weighted by atomic mass is 16.5. The van der Waals surface area contributed by atoms with E-state index in [2.05, 4.69) is 5.10 Å². The van der Waals surface area contributed by atoms with Crippen molar-refractivity contribution in [3.05, 3.63) is 53.9 Å². The molecule has 0 aliphatic carbocycles. The Labute approximate surface area is 106 Å². The largest absolute Gasteiger partial charge is 0.496 e. The lowest BCUT2D eigenvalue weighted by molar-refractivity contribution is 0.104. The van der Waals surface area contributed by atoms with E-state index in [1.807, 2.05) is 25.4 Å². The third-order valence-corrected chi connectivity index (χ3v) is 2.52. The fraction of sp³-hybridized carbons (Fsp3) is 0.143. The van der Waals surface area contributed by atoms with Crippen molar-refractivity contribution in [2.24, 2.45) is 7.05 Å². The zero-order chi connectivity index (χ0) is 13.0. The Morgan fingerprint density at radius 2 is 2.17 bits per heavy atom. The smallest absolute Gasteiger partial charge is 0.189 e. The van der Waals surface area contributed by atoms with Crippen molar-refractivity contribution in [1.29, 1.82) is 0 Å². The number of ketones is 1. The Hall–Kier alpha value is -2.36. The van der Waals surface area contributed by atoms with Gasteiger partial charge in [0.2, 0.25) is 0 Å². The number of ether oxygens (including phenoxy) is 1. The van der Waals surface area contributed by atoms with Crippen LogP contribution in [0.4, 0.5) is 0 Å². The van der Waals surface area contributed by atoms with Crippen molar-refractivity contribution in [2.45, 2.75) is 0 Å². The molecule has 0 saturated heterocycles. The molecule has 0 saturated carbocycles. The first kappa shape index (κ1) is 12.1. The van der Waals surface area contributed by atoms with Crippen molar-refractivity contribution in [1.82, 2.24) is 9.78 Å². The molecule has 0 spiro atoms. The highest BCUT2D eigenvalue weighted by Crippen LogP contribution is 2.18. The third kappa shape index (κ3) is 2.66. The number of nitrogens with zero attached hydrogens (tertiary/aromatic N) is 2. The molecule has 0 unspecified atom stereocenters. The first-order valence-electron chi connectivity index (χ1n) is 5.55. The maximum absolute atomic E-state index is 12.0. The summed E-state index contributed by atoms with van der Waals surface area (Å²) in [5.74, 6) is 0.495. The first-order chi connectivity index (χ1) is 8.70. The topological polar surface area (TPSA) is 44.1 Å². The van der Waals surface area contributed by atoms with E-state index in [9.17, 15) is 4.79 Å². The van der Waals surface area contributed by atoms with Gasteiger partial charge in [-0.15, -0.1) is 0 Å². The summed E-state index contributed by atoms with van der Waals surface area (Å²) < 4.78 is 6.84. The summed E-state index contributed by atoms with van der Waals surface area (Å²) in [5.41, 5.74) is 1.45. The number of rotatable bonds is 4. The summed E-state index contributed by atoms with van der Waals surface area (Å²) in [6, 6.07) is 7.16. The van der Waals surface area contributed by atoms with Gasteiger partial charge in [-0.1, -0.05) is 12.1 Å². The predicted octanol–water partition coefficient (Wildman–Crippen LogP) is 2.32. The van der Waals surface area contributed by atoms with Gasteiger partial charge in [0, 0.05) is 18.8 Å². The predicted molar refractivity (Wildman–Crippen MR) is 69.6 cm³/mol. The van der Waals surface area contributed by atoms with Crippen LogP contribution in [-0.2, 0) is 7.05 Å². The lowest BCUT2D eigenvalue weighted by Crippen LogP contribution is -1.98. The molecule has 2 rings (SSSR count). The molecular weight excluding hydrogens is 228 g/mol. The summed E-state index contributed by atoms with van der Waals surface area (Å²) in [4.78, 5) is 12.0. The molecule has 0 fully saturated rings. The minimum atomic E-state index is -0.0868. The number of methoxy groups -OCH3 is 1. The molecule has 4 nitrogen and oxygen atoms in total. The number of carbonyl (C=O) groups excluding carboxylic acids is 1. The number of para-hydroxylation sites is 1. The van der Waals surface area contributed by atoms with Gasteiger partial charge in [-0.05, 0) is 24.3 Å². The Kier molecular flexibility index (Phi) is 3.57. The molecule has 0 radical (unpaired) electrons. The average molecular weight is 242 g/mol. The quantitative estimate of drug-likeness (QED) is 0.610. The number of allylic oxidation sites excluding steroid dienone is 1. The molecular formula is C14H14N2O2. The van der Waals surface area contributed by atoms with E-state index in [0.29, 0.717) is 11.3 Å². The summed E-state index contributed by atoms with van der Waals surface area (Å²) in [7, 11) is 3.39. The molecule has 2 aromatic rings. The van der Waals surface area contributed by atoms with Gasteiger partial charge < -0.3 is 4.74 Å². The third-order valence-electron chi connectivity index (χ3n) is 2.52. The highest BCUT2D eigenvalue weighted by molar-refractivity contribution is 6.08. The van der Waals surface area contributed by atoms with Crippen LogP contribution in [0.2, 0.25) is 0 Å². The number of hydrogen-bond donors (Lipinski definition) is 0. The van der Waals surface area contributed by atoms with Crippen LogP contribution in [0, 0.1) is 0 Å². The lowest BCUT2D eigenvalue weighted by atomic mass is 10.1. The number of aromatic nitrogens is 2. The Morgan fingerprint density at radius 3 is 2.83 bits per heavy atom. The minimum absolute atomic E-state index is 0.0868. The van der Waals surface area contributed by atoms with Crippen LogP contribution >= 0.6 is 0 Å². The van der Waals surface area contributed by atoms with Crippen molar-refractivity contribution in [2.75, 3.05) is 7.11 Å². The lowest BCUT2D eigenvalue weighted by Gasteiger charge is -2.03. The zero-order valence-electron chi connectivity index (χ0n) is 10.3. The van der Waals surface area contributed by atoms with Crippen LogP contribution in [0.5, 0.6) is 5.75 Å². The minimum Gasteiger partial charge on any atom is -0.496 e. The molecule has 0 aliphatic rings. The van der Waals surface area contributed by atoms with Crippen LogP contribution in [-0.4, -0.2) is 22.7 Å². The van der Waals surface area contributed by atoms with Gasteiger partial charge in [-0.2, -0.15) is 5.10 Å². The van der Waals surface area contributed by atoms with Gasteiger partial charge in [0.05, 0.1) is 18.9 Å². The Morgan fingerprint density at radius 1 is 1.39 bits per heavy atom. The second kappa shape index (κ2) is 5.31. The molecule has 0 atom stereocenters. The molecule has 4 heteroatoms. The molecule has 1 aromatic carbocycles. The van der Waals surface area contributed by atoms with E-state index in [0.717, 1.165) is 5.56 Å². The van der Waals surface area contributed by atoms with Crippen LogP contribution in [0.1, 0.15) is 15.9 Å². The van der Waals surface area contributed by atoms with Crippen molar-refractivity contribution < 1.29 is 9.53 Å². The van der Waals surface area contributed by atoms with Crippen molar-refractivity contribution >= 4 is 11.9 Å². The molecule has 0 aliphatic heterocycles. The maximum atomic E-state index is 12.0. The maximum Gasteiger partial charge on any atom is 0.189 e. The number of carbonyl (C=O) groups is 1. The summed E-state index contributed by atoms with van der Waals surface area (Å²) in [5, 5.41) is 4.03. The van der Waals surface area contributed by atoms with Gasteiger partial charge in [0.15, 0.2) is 5.78 Å². The summed E-state index contributed by atoms with van der Waals surface area (Å²) in [6.07, 6.45) is 6.80. The second-order valence-electron chi connectivity index (χ2n) is 3.85. The van der Waals surface area contributed by atoms with E-state index in [-0.39, 0.29) is 5.78 Å². The first-order valence-corrected chi connectivity index (χ1v) is 5.55. The average Bonchev–Trinajstić information content (AvgIpc) is 2.81. The molecule has 0 bridgehead atoms. The van der Waals surface area contributed by atoms with Crippen LogP contribution in [0.15, 0.2) is 42.7 Å². The van der Waals surface area contributed by atoms with E-state index in [4.69, 9.17) is 4.74 Å². The van der Waals surface area contributed by atoms with E-state index < -0.39 is 0 Å². The van der Waals surface area contributed by atoms with Crippen molar-refractivity contribution in [3.8, 4) is 5.75 Å². The van der Waals surface area contributed by atoms with Gasteiger partial charge in [-0.25, -0.2) is 0 Å².